The van der Waals surface area contributed by atoms with Crippen LogP contribution in [0.1, 0.15) is 44.0 Å². The maximum absolute atomic E-state index is 11.8. The van der Waals surface area contributed by atoms with E-state index in [0.717, 1.165) is 18.5 Å². The number of aromatic nitrogens is 1. The van der Waals surface area contributed by atoms with Crippen LogP contribution in [0.4, 0.5) is 5.69 Å². The quantitative estimate of drug-likeness (QED) is 0.784. The summed E-state index contributed by atoms with van der Waals surface area (Å²) in [5.41, 5.74) is 2.04. The summed E-state index contributed by atoms with van der Waals surface area (Å²) in [7, 11) is 0. The van der Waals surface area contributed by atoms with Gasteiger partial charge in [-0.05, 0) is 30.5 Å². The van der Waals surface area contributed by atoms with Gasteiger partial charge in [-0.25, -0.2) is 9.56 Å². The van der Waals surface area contributed by atoms with Crippen molar-refractivity contribution in [3.05, 3.63) is 40.0 Å². The van der Waals surface area contributed by atoms with Gasteiger partial charge < -0.3 is 4.74 Å². The zero-order valence-electron chi connectivity index (χ0n) is 13.5. The number of thiazole rings is 1. The molecule has 0 aliphatic carbocycles. The molecule has 0 fully saturated rings. The number of nitrogens with zero attached hydrogens (tertiary/aromatic N) is 2. The highest BCUT2D eigenvalue weighted by Crippen LogP contribution is 2.17. The molecule has 2 rings (SSSR count). The Bertz CT molecular complexity index is 757. The predicted octanol–water partition coefficient (Wildman–Crippen LogP) is 3.71. The Kier molecular flexibility index (Phi) is 5.87. The Morgan fingerprint density at radius 2 is 1.91 bits per heavy atom. The Hall–Kier alpha value is -2.21. The van der Waals surface area contributed by atoms with E-state index in [1.807, 2.05) is 24.3 Å². The molecule has 6 heteroatoms. The third-order valence-corrected chi connectivity index (χ3v) is 4.02. The molecule has 0 aliphatic heterocycles. The third-order valence-electron chi connectivity index (χ3n) is 3.22. The van der Waals surface area contributed by atoms with E-state index in [1.54, 1.807) is 5.38 Å². The summed E-state index contributed by atoms with van der Waals surface area (Å²) < 4.78 is 6.34. The molecule has 1 aromatic carbocycles. The number of carbonyl (C=O) groups is 2. The SMILES string of the molecule is CCCCc1ccc(N=c2scc(OC(C)=O)n2C(C)=O)cc1. The number of aryl methyl sites for hydroxylation is 1. The second kappa shape index (κ2) is 7.87. The lowest BCUT2D eigenvalue weighted by atomic mass is 10.1. The van der Waals surface area contributed by atoms with Crippen LogP contribution in [0.2, 0.25) is 0 Å². The van der Waals surface area contributed by atoms with E-state index in [9.17, 15) is 9.59 Å². The van der Waals surface area contributed by atoms with E-state index in [4.69, 9.17) is 4.74 Å². The molecule has 1 aromatic heterocycles. The van der Waals surface area contributed by atoms with Crippen LogP contribution in [0.15, 0.2) is 34.6 Å². The molecular formula is C17H20N2O3S. The zero-order valence-corrected chi connectivity index (χ0v) is 14.4. The van der Waals surface area contributed by atoms with E-state index in [1.165, 1.54) is 41.7 Å². The fraction of sp³-hybridized carbons (Fsp3) is 0.353. The highest BCUT2D eigenvalue weighted by atomic mass is 32.1. The average Bonchev–Trinajstić information content (AvgIpc) is 2.88. The number of hydrogen-bond donors (Lipinski definition) is 0. The summed E-state index contributed by atoms with van der Waals surface area (Å²) in [6, 6.07) is 7.96. The number of rotatable bonds is 5. The summed E-state index contributed by atoms with van der Waals surface area (Å²) >= 11 is 1.26. The van der Waals surface area contributed by atoms with Crippen LogP contribution >= 0.6 is 11.3 Å². The van der Waals surface area contributed by atoms with Crippen molar-refractivity contribution < 1.29 is 14.3 Å². The standard InChI is InChI=1S/C17H20N2O3S/c1-4-5-6-14-7-9-15(10-8-14)18-17-19(12(2)20)16(11-23-17)22-13(3)21/h7-11H,4-6H2,1-3H3. The summed E-state index contributed by atoms with van der Waals surface area (Å²) in [6.45, 7) is 4.88. The topological polar surface area (TPSA) is 60.7 Å². The highest BCUT2D eigenvalue weighted by molar-refractivity contribution is 7.07. The van der Waals surface area contributed by atoms with Gasteiger partial charge in [-0.3, -0.25) is 9.59 Å². The van der Waals surface area contributed by atoms with Crippen molar-refractivity contribution in [1.29, 1.82) is 0 Å². The van der Waals surface area contributed by atoms with Gasteiger partial charge in [0.05, 0.1) is 11.1 Å². The van der Waals surface area contributed by atoms with E-state index in [-0.39, 0.29) is 11.8 Å². The van der Waals surface area contributed by atoms with Gasteiger partial charge in [0.1, 0.15) is 0 Å². The largest absolute Gasteiger partial charge is 0.408 e. The van der Waals surface area contributed by atoms with Crippen LogP contribution in [0, 0.1) is 0 Å². The van der Waals surface area contributed by atoms with Gasteiger partial charge in [0, 0.05) is 13.8 Å². The first-order valence-electron chi connectivity index (χ1n) is 7.55. The molecular weight excluding hydrogens is 312 g/mol. The number of benzene rings is 1. The molecule has 0 N–H and O–H groups in total. The smallest absolute Gasteiger partial charge is 0.309 e. The summed E-state index contributed by atoms with van der Waals surface area (Å²) in [6.07, 6.45) is 3.39. The molecule has 0 unspecified atom stereocenters. The van der Waals surface area contributed by atoms with Gasteiger partial charge in [-0.15, -0.1) is 11.3 Å². The number of esters is 1. The lowest BCUT2D eigenvalue weighted by Crippen LogP contribution is -2.22. The van der Waals surface area contributed by atoms with E-state index in [2.05, 4.69) is 11.9 Å². The van der Waals surface area contributed by atoms with Gasteiger partial charge in [0.25, 0.3) is 0 Å². The van der Waals surface area contributed by atoms with Crippen LogP contribution in [-0.2, 0) is 11.2 Å². The van der Waals surface area contributed by atoms with Crippen LogP contribution in [0.25, 0.3) is 0 Å². The van der Waals surface area contributed by atoms with E-state index >= 15 is 0 Å². The molecule has 122 valence electrons. The maximum Gasteiger partial charge on any atom is 0.309 e. The minimum Gasteiger partial charge on any atom is -0.408 e. The monoisotopic (exact) mass is 332 g/mol. The molecule has 0 amide bonds. The summed E-state index contributed by atoms with van der Waals surface area (Å²) in [5.74, 6) is -0.515. The van der Waals surface area contributed by atoms with E-state index in [0.29, 0.717) is 4.80 Å². The van der Waals surface area contributed by atoms with Gasteiger partial charge in [-0.2, -0.15) is 0 Å². The third kappa shape index (κ3) is 4.63. The van der Waals surface area contributed by atoms with E-state index < -0.39 is 5.97 Å². The van der Waals surface area contributed by atoms with Crippen LogP contribution in [0.5, 0.6) is 5.88 Å². The highest BCUT2D eigenvalue weighted by Gasteiger charge is 2.12. The number of unbranched alkanes of at least 4 members (excludes halogenated alkanes) is 1. The molecule has 1 heterocycles. The predicted molar refractivity (Wildman–Crippen MR) is 90.2 cm³/mol. The van der Waals surface area contributed by atoms with Gasteiger partial charge >= 0.3 is 5.97 Å². The lowest BCUT2D eigenvalue weighted by Gasteiger charge is -2.03. The minimum atomic E-state index is -0.468. The average molecular weight is 332 g/mol. The van der Waals surface area contributed by atoms with Crippen LogP contribution in [0.3, 0.4) is 0 Å². The number of carbonyl (C=O) groups excluding carboxylic acids is 2. The lowest BCUT2D eigenvalue weighted by molar-refractivity contribution is -0.132. The maximum atomic E-state index is 11.8. The van der Waals surface area contributed by atoms with Gasteiger partial charge in [0.2, 0.25) is 11.8 Å². The molecule has 5 nitrogen and oxygen atoms in total. The van der Waals surface area contributed by atoms with Crippen LogP contribution < -0.4 is 9.54 Å². The van der Waals surface area contributed by atoms with Crippen molar-refractivity contribution in [2.45, 2.75) is 40.0 Å². The second-order valence-corrected chi connectivity index (χ2v) is 6.02. The molecule has 0 radical (unpaired) electrons. The van der Waals surface area contributed by atoms with Crippen molar-refractivity contribution in [3.63, 3.8) is 0 Å². The normalized spacial score (nSPS) is 11.5. The first-order chi connectivity index (χ1) is 11.0. The molecule has 0 saturated carbocycles. The van der Waals surface area contributed by atoms with Crippen molar-refractivity contribution in [1.82, 2.24) is 4.57 Å². The summed E-state index contributed by atoms with van der Waals surface area (Å²) in [5, 5.41) is 1.61. The number of hydrogen-bond acceptors (Lipinski definition) is 5. The fourth-order valence-electron chi connectivity index (χ4n) is 2.11. The fourth-order valence-corrected chi connectivity index (χ4v) is 2.96. The van der Waals surface area contributed by atoms with Crippen molar-refractivity contribution in [3.8, 4) is 5.88 Å². The molecule has 0 bridgehead atoms. The Morgan fingerprint density at radius 1 is 1.22 bits per heavy atom. The molecule has 0 saturated heterocycles. The second-order valence-electron chi connectivity index (χ2n) is 5.19. The summed E-state index contributed by atoms with van der Waals surface area (Å²) in [4.78, 5) is 27.9. The van der Waals surface area contributed by atoms with Crippen molar-refractivity contribution in [2.24, 2.45) is 4.99 Å². The van der Waals surface area contributed by atoms with Gasteiger partial charge in [0.15, 0.2) is 4.80 Å². The molecule has 0 spiro atoms. The van der Waals surface area contributed by atoms with Crippen LogP contribution in [-0.4, -0.2) is 16.4 Å². The molecule has 0 aliphatic rings. The number of ether oxygens (including phenoxy) is 1. The van der Waals surface area contributed by atoms with Crippen molar-refractivity contribution >= 4 is 28.9 Å². The Labute approximate surface area is 139 Å². The van der Waals surface area contributed by atoms with Gasteiger partial charge in [-0.1, -0.05) is 25.5 Å². The Morgan fingerprint density at radius 3 is 2.48 bits per heavy atom. The molecule has 23 heavy (non-hydrogen) atoms. The molecule has 2 aromatic rings. The van der Waals surface area contributed by atoms with Crippen molar-refractivity contribution in [2.75, 3.05) is 0 Å². The first kappa shape index (κ1) is 17.1. The Balaban J connectivity index is 2.33. The first-order valence-corrected chi connectivity index (χ1v) is 8.42. The molecule has 0 atom stereocenters. The zero-order chi connectivity index (χ0) is 16.8. The minimum absolute atomic E-state index is 0.202.